The molecule has 0 unspecified atom stereocenters. The van der Waals surface area contributed by atoms with Crippen molar-refractivity contribution in [2.45, 2.75) is 44.9 Å². The van der Waals surface area contributed by atoms with Crippen molar-refractivity contribution >= 4 is 5.91 Å². The van der Waals surface area contributed by atoms with E-state index in [0.717, 1.165) is 30.0 Å². The van der Waals surface area contributed by atoms with Gasteiger partial charge >= 0.3 is 0 Å². The lowest BCUT2D eigenvalue weighted by atomic mass is 9.97. The van der Waals surface area contributed by atoms with Crippen molar-refractivity contribution in [2.24, 2.45) is 0 Å². The van der Waals surface area contributed by atoms with E-state index in [1.54, 1.807) is 14.2 Å². The smallest absolute Gasteiger partial charge is 0.220 e. The summed E-state index contributed by atoms with van der Waals surface area (Å²) in [5.74, 6) is 1.61. The fourth-order valence-electron chi connectivity index (χ4n) is 2.85. The van der Waals surface area contributed by atoms with Crippen LogP contribution in [0, 0.1) is 0 Å². The molecule has 1 aromatic carbocycles. The summed E-state index contributed by atoms with van der Waals surface area (Å²) in [6.07, 6.45) is 9.46. The van der Waals surface area contributed by atoms with Crippen LogP contribution in [0.5, 0.6) is 11.5 Å². The number of carbonyl (C=O) groups excluding carboxylic acids is 1. The predicted molar refractivity (Wildman–Crippen MR) is 92.0 cm³/mol. The minimum absolute atomic E-state index is 0.100. The van der Waals surface area contributed by atoms with Gasteiger partial charge in [-0.1, -0.05) is 11.6 Å². The van der Waals surface area contributed by atoms with Crippen molar-refractivity contribution in [2.75, 3.05) is 20.8 Å². The number of hydrogen-bond donors (Lipinski definition) is 1. The van der Waals surface area contributed by atoms with Crippen LogP contribution < -0.4 is 14.8 Å². The topological polar surface area (TPSA) is 47.6 Å². The highest BCUT2D eigenvalue weighted by Crippen LogP contribution is 2.23. The van der Waals surface area contributed by atoms with E-state index < -0.39 is 0 Å². The van der Waals surface area contributed by atoms with Gasteiger partial charge in [0.05, 0.1) is 14.2 Å². The summed E-state index contributed by atoms with van der Waals surface area (Å²) in [6, 6.07) is 5.73. The van der Waals surface area contributed by atoms with E-state index in [1.807, 2.05) is 18.2 Å². The van der Waals surface area contributed by atoms with Gasteiger partial charge in [-0.2, -0.15) is 0 Å². The molecule has 23 heavy (non-hydrogen) atoms. The standard InChI is InChI=1S/C19H27NO3/c1-22-17-12-16(13-18(14-17)23-2)8-9-19(21)20-11-10-15-6-4-3-5-7-15/h6,12-14H,3-5,7-11H2,1-2H3,(H,20,21). The molecule has 1 N–H and O–H groups in total. The molecule has 1 aromatic rings. The van der Waals surface area contributed by atoms with Crippen molar-refractivity contribution in [3.8, 4) is 11.5 Å². The number of ether oxygens (including phenoxy) is 2. The van der Waals surface area contributed by atoms with Crippen molar-refractivity contribution in [3.05, 3.63) is 35.4 Å². The van der Waals surface area contributed by atoms with Gasteiger partial charge in [0.25, 0.3) is 0 Å². The van der Waals surface area contributed by atoms with Gasteiger partial charge in [-0.05, 0) is 56.2 Å². The molecular weight excluding hydrogens is 290 g/mol. The molecule has 0 fully saturated rings. The third-order valence-corrected chi connectivity index (χ3v) is 4.21. The fraction of sp³-hybridized carbons (Fsp3) is 0.526. The Morgan fingerprint density at radius 3 is 2.43 bits per heavy atom. The van der Waals surface area contributed by atoms with E-state index in [-0.39, 0.29) is 5.91 Å². The molecule has 0 atom stereocenters. The first-order valence-corrected chi connectivity index (χ1v) is 8.38. The summed E-state index contributed by atoms with van der Waals surface area (Å²) in [5.41, 5.74) is 2.54. The fourth-order valence-corrected chi connectivity index (χ4v) is 2.85. The number of hydrogen-bond acceptors (Lipinski definition) is 3. The minimum atomic E-state index is 0.100. The van der Waals surface area contributed by atoms with Gasteiger partial charge in [-0.15, -0.1) is 0 Å². The van der Waals surface area contributed by atoms with Gasteiger partial charge in [0.15, 0.2) is 0 Å². The maximum atomic E-state index is 12.0. The molecule has 0 heterocycles. The Bertz CT molecular complexity index is 529. The zero-order valence-electron chi connectivity index (χ0n) is 14.2. The summed E-state index contributed by atoms with van der Waals surface area (Å²) in [4.78, 5) is 12.0. The largest absolute Gasteiger partial charge is 0.497 e. The number of carbonyl (C=O) groups is 1. The normalized spacial score (nSPS) is 14.1. The summed E-state index contributed by atoms with van der Waals surface area (Å²) in [6.45, 7) is 0.742. The molecule has 0 spiro atoms. The second-order valence-electron chi connectivity index (χ2n) is 5.93. The molecule has 0 saturated carbocycles. The highest BCUT2D eigenvalue weighted by atomic mass is 16.5. The number of rotatable bonds is 8. The molecule has 0 radical (unpaired) electrons. The van der Waals surface area contributed by atoms with Crippen LogP contribution in [0.3, 0.4) is 0 Å². The van der Waals surface area contributed by atoms with E-state index in [9.17, 15) is 4.79 Å². The van der Waals surface area contributed by atoms with Crippen LogP contribution in [-0.2, 0) is 11.2 Å². The monoisotopic (exact) mass is 317 g/mol. The average Bonchev–Trinajstić information content (AvgIpc) is 2.60. The van der Waals surface area contributed by atoms with E-state index in [1.165, 1.54) is 31.3 Å². The lowest BCUT2D eigenvalue weighted by Crippen LogP contribution is -2.25. The first-order chi connectivity index (χ1) is 11.2. The highest BCUT2D eigenvalue weighted by molar-refractivity contribution is 5.76. The number of benzene rings is 1. The van der Waals surface area contributed by atoms with E-state index in [2.05, 4.69) is 11.4 Å². The van der Waals surface area contributed by atoms with Gasteiger partial charge in [0.1, 0.15) is 11.5 Å². The second kappa shape index (κ2) is 9.23. The first kappa shape index (κ1) is 17.4. The van der Waals surface area contributed by atoms with Crippen molar-refractivity contribution in [3.63, 3.8) is 0 Å². The summed E-state index contributed by atoms with van der Waals surface area (Å²) < 4.78 is 10.5. The third-order valence-electron chi connectivity index (χ3n) is 4.21. The van der Waals surface area contributed by atoms with Crippen molar-refractivity contribution in [1.82, 2.24) is 5.32 Å². The Hall–Kier alpha value is -1.97. The average molecular weight is 317 g/mol. The number of aryl methyl sites for hydroxylation is 1. The van der Waals surface area contributed by atoms with Crippen molar-refractivity contribution < 1.29 is 14.3 Å². The van der Waals surface area contributed by atoms with Crippen molar-refractivity contribution in [1.29, 1.82) is 0 Å². The third kappa shape index (κ3) is 5.97. The van der Waals surface area contributed by atoms with Gasteiger partial charge in [-0.3, -0.25) is 4.79 Å². The molecule has 126 valence electrons. The predicted octanol–water partition coefficient (Wildman–Crippen LogP) is 3.64. The van der Waals surface area contributed by atoms with Crippen LogP contribution in [-0.4, -0.2) is 26.7 Å². The number of amides is 1. The van der Waals surface area contributed by atoms with Gasteiger partial charge in [0, 0.05) is 19.0 Å². The molecule has 0 saturated heterocycles. The van der Waals surface area contributed by atoms with Crippen LogP contribution in [0.2, 0.25) is 0 Å². The Kier molecular flexibility index (Phi) is 6.98. The molecule has 1 aliphatic rings. The lowest BCUT2D eigenvalue weighted by molar-refractivity contribution is -0.121. The highest BCUT2D eigenvalue weighted by Gasteiger charge is 2.07. The molecule has 0 bridgehead atoms. The summed E-state index contributed by atoms with van der Waals surface area (Å²) in [5, 5.41) is 3.02. The molecule has 1 amide bonds. The lowest BCUT2D eigenvalue weighted by Gasteiger charge is -2.13. The van der Waals surface area contributed by atoms with Gasteiger partial charge in [-0.25, -0.2) is 0 Å². The molecule has 2 rings (SSSR count). The maximum absolute atomic E-state index is 12.0. The molecule has 0 aliphatic heterocycles. The zero-order valence-corrected chi connectivity index (χ0v) is 14.2. The Morgan fingerprint density at radius 1 is 1.09 bits per heavy atom. The van der Waals surface area contributed by atoms with Crippen LogP contribution in [0.15, 0.2) is 29.8 Å². The van der Waals surface area contributed by atoms with Crippen LogP contribution >= 0.6 is 0 Å². The van der Waals surface area contributed by atoms with Gasteiger partial charge in [0.2, 0.25) is 5.91 Å². The SMILES string of the molecule is COc1cc(CCC(=O)NCCC2=CCCCC2)cc(OC)c1. The summed E-state index contributed by atoms with van der Waals surface area (Å²) in [7, 11) is 3.26. The summed E-state index contributed by atoms with van der Waals surface area (Å²) >= 11 is 0. The molecule has 0 aromatic heterocycles. The maximum Gasteiger partial charge on any atom is 0.220 e. The zero-order chi connectivity index (χ0) is 16.5. The minimum Gasteiger partial charge on any atom is -0.497 e. The van der Waals surface area contributed by atoms with E-state index in [0.29, 0.717) is 12.8 Å². The Morgan fingerprint density at radius 2 is 1.83 bits per heavy atom. The number of methoxy groups -OCH3 is 2. The second-order valence-corrected chi connectivity index (χ2v) is 5.93. The Labute approximate surface area is 138 Å². The molecular formula is C19H27NO3. The van der Waals surface area contributed by atoms with Crippen LogP contribution in [0.1, 0.15) is 44.1 Å². The molecule has 1 aliphatic carbocycles. The molecule has 4 nitrogen and oxygen atoms in total. The first-order valence-electron chi connectivity index (χ1n) is 8.38. The number of allylic oxidation sites excluding steroid dienone is 1. The number of nitrogens with one attached hydrogen (secondary N) is 1. The van der Waals surface area contributed by atoms with Crippen LogP contribution in [0.25, 0.3) is 0 Å². The van der Waals surface area contributed by atoms with E-state index in [4.69, 9.17) is 9.47 Å². The quantitative estimate of drug-likeness (QED) is 0.745. The van der Waals surface area contributed by atoms with Crippen LogP contribution in [0.4, 0.5) is 0 Å². The van der Waals surface area contributed by atoms with Gasteiger partial charge < -0.3 is 14.8 Å². The Balaban J connectivity index is 1.74. The van der Waals surface area contributed by atoms with E-state index >= 15 is 0 Å². The molecule has 4 heteroatoms.